The van der Waals surface area contributed by atoms with Gasteiger partial charge in [0.1, 0.15) is 11.9 Å². The Hall–Kier alpha value is -2.55. The van der Waals surface area contributed by atoms with Crippen molar-refractivity contribution in [2.75, 3.05) is 26.2 Å². The molecule has 1 aliphatic carbocycles. The van der Waals surface area contributed by atoms with E-state index in [2.05, 4.69) is 10.3 Å². The highest BCUT2D eigenvalue weighted by molar-refractivity contribution is 6.37. The van der Waals surface area contributed by atoms with Gasteiger partial charge in [0.25, 0.3) is 0 Å². The summed E-state index contributed by atoms with van der Waals surface area (Å²) in [6.45, 7) is 4.23. The van der Waals surface area contributed by atoms with Gasteiger partial charge in [0, 0.05) is 31.4 Å². The van der Waals surface area contributed by atoms with Gasteiger partial charge in [0.05, 0.1) is 41.3 Å². The van der Waals surface area contributed by atoms with Crippen molar-refractivity contribution in [3.8, 4) is 5.75 Å². The Balaban J connectivity index is 1.59. The van der Waals surface area contributed by atoms with Crippen LogP contribution in [0.3, 0.4) is 0 Å². The fourth-order valence-electron chi connectivity index (χ4n) is 4.68. The number of nitrogens with zero attached hydrogens (tertiary/aromatic N) is 5. The summed E-state index contributed by atoms with van der Waals surface area (Å²) in [6.07, 6.45) is 5.58. The maximum absolute atomic E-state index is 12.1. The first kappa shape index (κ1) is 22.3. The number of carbonyl (C=O) groups is 1. The highest BCUT2D eigenvalue weighted by atomic mass is 35.5. The van der Waals surface area contributed by atoms with Gasteiger partial charge >= 0.3 is 0 Å². The van der Waals surface area contributed by atoms with Crippen LogP contribution in [0.5, 0.6) is 5.75 Å². The normalized spacial score (nSPS) is 18.8. The quantitative estimate of drug-likeness (QED) is 0.481. The largest absolute Gasteiger partial charge is 0.490 e. The summed E-state index contributed by atoms with van der Waals surface area (Å²) in [4.78, 5) is 17.7. The Kier molecular flexibility index (Phi) is 5.84. The molecule has 8 nitrogen and oxygen atoms in total. The van der Waals surface area contributed by atoms with Gasteiger partial charge in [-0.3, -0.25) is 4.90 Å². The number of hydrogen-bond donors (Lipinski definition) is 1. The molecule has 174 valence electrons. The lowest BCUT2D eigenvalue weighted by Crippen LogP contribution is -2.57. The van der Waals surface area contributed by atoms with E-state index in [1.807, 2.05) is 30.0 Å². The molecule has 1 aliphatic heterocycles. The lowest BCUT2D eigenvalue weighted by Gasteiger charge is -2.47. The third-order valence-corrected chi connectivity index (χ3v) is 7.25. The van der Waals surface area contributed by atoms with Crippen molar-refractivity contribution in [3.05, 3.63) is 46.4 Å². The van der Waals surface area contributed by atoms with Crippen LogP contribution in [0.2, 0.25) is 5.02 Å². The fraction of sp³-hybridized carbons (Fsp3) is 0.500. The molecule has 9 heteroatoms. The molecule has 3 aromatic rings. The Morgan fingerprint density at radius 1 is 1.33 bits per heavy atom. The number of hydrogen-bond acceptors (Lipinski definition) is 7. The van der Waals surface area contributed by atoms with Crippen molar-refractivity contribution in [1.29, 1.82) is 0 Å². The van der Waals surface area contributed by atoms with E-state index in [0.29, 0.717) is 54.2 Å². The molecule has 0 spiro atoms. The molecule has 0 radical (unpaired) electrons. The first-order chi connectivity index (χ1) is 16.0. The van der Waals surface area contributed by atoms with Gasteiger partial charge in [-0.1, -0.05) is 29.8 Å². The van der Waals surface area contributed by atoms with Crippen LogP contribution in [-0.4, -0.2) is 62.5 Å². The molecule has 0 bridgehead atoms. The van der Waals surface area contributed by atoms with Crippen LogP contribution in [0.15, 0.2) is 24.4 Å². The summed E-state index contributed by atoms with van der Waals surface area (Å²) in [6, 6.07) is 5.70. The smallest absolute Gasteiger partial charge is 0.160 e. The van der Waals surface area contributed by atoms with Crippen LogP contribution in [0.25, 0.3) is 10.9 Å². The summed E-state index contributed by atoms with van der Waals surface area (Å²) in [7, 11) is 1.77. The lowest BCUT2D eigenvalue weighted by molar-refractivity contribution is -0.114. The maximum Gasteiger partial charge on any atom is 0.160 e. The third kappa shape index (κ3) is 3.90. The Labute approximate surface area is 197 Å². The number of benzene rings is 1. The number of aldehydes is 1. The van der Waals surface area contributed by atoms with E-state index in [0.717, 1.165) is 29.3 Å². The van der Waals surface area contributed by atoms with Crippen LogP contribution < -0.4 is 4.74 Å². The van der Waals surface area contributed by atoms with Crippen molar-refractivity contribution in [1.82, 2.24) is 24.9 Å². The second kappa shape index (κ2) is 8.66. The van der Waals surface area contributed by atoms with Crippen LogP contribution in [0, 0.1) is 11.8 Å². The topological polar surface area (TPSA) is 93.4 Å². The molecule has 33 heavy (non-hydrogen) atoms. The highest BCUT2D eigenvalue weighted by Gasteiger charge is 2.48. The molecule has 0 amide bonds. The van der Waals surface area contributed by atoms with Crippen LogP contribution in [0.4, 0.5) is 0 Å². The molecular formula is C24H28ClN5O3. The molecule has 2 aromatic heterocycles. The maximum atomic E-state index is 12.1. The zero-order chi connectivity index (χ0) is 23.2. The second-order valence-corrected chi connectivity index (χ2v) is 9.51. The van der Waals surface area contributed by atoms with Gasteiger partial charge < -0.3 is 14.6 Å². The predicted molar refractivity (Wildman–Crippen MR) is 124 cm³/mol. The molecule has 1 aromatic carbocycles. The molecule has 1 saturated carbocycles. The van der Waals surface area contributed by atoms with E-state index in [-0.39, 0.29) is 5.92 Å². The van der Waals surface area contributed by atoms with E-state index in [9.17, 15) is 9.90 Å². The van der Waals surface area contributed by atoms with Crippen molar-refractivity contribution < 1.29 is 14.6 Å². The van der Waals surface area contributed by atoms with Gasteiger partial charge in [-0.2, -0.15) is 0 Å². The number of aryl methyl sites for hydroxylation is 2. The van der Waals surface area contributed by atoms with Crippen molar-refractivity contribution in [2.45, 2.75) is 31.8 Å². The van der Waals surface area contributed by atoms with Crippen LogP contribution in [0.1, 0.15) is 36.7 Å². The molecule has 2 fully saturated rings. The molecule has 1 N–H and O–H groups in total. The minimum atomic E-state index is -1.34. The van der Waals surface area contributed by atoms with Crippen molar-refractivity contribution in [2.24, 2.45) is 18.9 Å². The number of rotatable bonds is 9. The number of aliphatic hydroxyl groups is 1. The molecule has 3 heterocycles. The number of halogens is 1. The number of likely N-dealkylation sites (tertiary alicyclic amines) is 1. The monoisotopic (exact) mass is 469 g/mol. The summed E-state index contributed by atoms with van der Waals surface area (Å²) in [5.41, 5.74) is 1.55. The van der Waals surface area contributed by atoms with E-state index < -0.39 is 5.60 Å². The molecule has 1 unspecified atom stereocenters. The predicted octanol–water partition coefficient (Wildman–Crippen LogP) is 2.73. The third-order valence-electron chi connectivity index (χ3n) is 6.87. The average molecular weight is 470 g/mol. The van der Waals surface area contributed by atoms with Crippen LogP contribution >= 0.6 is 11.6 Å². The number of fused-ring (bicyclic) bond motifs is 1. The first-order valence-corrected chi connectivity index (χ1v) is 11.8. The Morgan fingerprint density at radius 2 is 2.12 bits per heavy atom. The van der Waals surface area contributed by atoms with Gasteiger partial charge in [0.15, 0.2) is 5.75 Å². The number of carbonyl (C=O) groups excluding carboxylic acids is 1. The van der Waals surface area contributed by atoms with Crippen LogP contribution in [-0.2, 0) is 23.9 Å². The fourth-order valence-corrected chi connectivity index (χ4v) is 4.99. The number of aromatic nitrogens is 4. The minimum Gasteiger partial charge on any atom is -0.490 e. The standard InChI is InChI=1S/C24H28ClN5O3/c1-3-19-23(33-14-15-4-5-15)22(25)18-10-16(6-7-20(18)27-19)24(32,21-11-26-28-29(21)2)17-12-30(13-17)8-9-31/h6-7,9-11,15,17,32H,3-5,8,12-14H2,1-2H3. The zero-order valence-electron chi connectivity index (χ0n) is 18.9. The Morgan fingerprint density at radius 3 is 2.76 bits per heavy atom. The van der Waals surface area contributed by atoms with Crippen molar-refractivity contribution in [3.63, 3.8) is 0 Å². The molecular weight excluding hydrogens is 442 g/mol. The van der Waals surface area contributed by atoms with Crippen molar-refractivity contribution >= 4 is 28.8 Å². The van der Waals surface area contributed by atoms with Gasteiger partial charge in [0.2, 0.25) is 0 Å². The van der Waals surface area contributed by atoms with E-state index >= 15 is 0 Å². The van der Waals surface area contributed by atoms with Gasteiger partial charge in [-0.25, -0.2) is 9.67 Å². The molecule has 5 rings (SSSR count). The summed E-state index contributed by atoms with van der Waals surface area (Å²) in [5.74, 6) is 1.12. The summed E-state index contributed by atoms with van der Waals surface area (Å²) < 4.78 is 7.70. The highest BCUT2D eigenvalue weighted by Crippen LogP contribution is 2.44. The lowest BCUT2D eigenvalue weighted by atomic mass is 9.74. The van der Waals surface area contributed by atoms with Gasteiger partial charge in [-0.15, -0.1) is 5.10 Å². The molecule has 1 saturated heterocycles. The van der Waals surface area contributed by atoms with E-state index in [4.69, 9.17) is 21.3 Å². The zero-order valence-corrected chi connectivity index (χ0v) is 19.6. The molecule has 2 aliphatic rings. The average Bonchev–Trinajstić information content (AvgIpc) is 3.52. The Bertz CT molecular complexity index is 1190. The number of ether oxygens (including phenoxy) is 1. The van der Waals surface area contributed by atoms with E-state index in [1.54, 1.807) is 17.9 Å². The first-order valence-electron chi connectivity index (χ1n) is 11.4. The SMILES string of the molecule is CCc1nc2ccc(C(O)(c3cnnn3C)C3CN(CC=O)C3)cc2c(Cl)c1OCC1CC1. The summed E-state index contributed by atoms with van der Waals surface area (Å²) in [5, 5.41) is 21.4. The summed E-state index contributed by atoms with van der Waals surface area (Å²) >= 11 is 6.88. The number of pyridine rings is 1. The second-order valence-electron chi connectivity index (χ2n) is 9.13. The minimum absolute atomic E-state index is 0.126. The molecule has 1 atom stereocenters. The van der Waals surface area contributed by atoms with Gasteiger partial charge in [-0.05, 0) is 42.9 Å². The van der Waals surface area contributed by atoms with E-state index in [1.165, 1.54) is 12.8 Å².